The fourth-order valence-electron chi connectivity index (χ4n) is 1.52. The molecule has 1 rings (SSSR count). The zero-order chi connectivity index (χ0) is 12.0. The van der Waals surface area contributed by atoms with E-state index in [1.54, 1.807) is 36.4 Å². The fourth-order valence-corrected chi connectivity index (χ4v) is 1.52. The molecule has 1 atom stereocenters. The third kappa shape index (κ3) is 3.15. The molecule has 0 fully saturated rings. The standard InChI is InChI=1S/C12H13F2NO/c1-2-3-9-11(12(16)15(13)14)10-7-5-4-6-8-10/h2,4-8,11H,1,3,9H2. The average Bonchev–Trinajstić information content (AvgIpc) is 2.30. The molecule has 0 heterocycles. The zero-order valence-electron chi connectivity index (χ0n) is 8.77. The molecule has 86 valence electrons. The second kappa shape index (κ2) is 6.00. The molecule has 0 radical (unpaired) electrons. The molecule has 2 nitrogen and oxygen atoms in total. The minimum atomic E-state index is -1.35. The highest BCUT2D eigenvalue weighted by Crippen LogP contribution is 2.24. The molecule has 1 aromatic rings. The number of rotatable bonds is 5. The number of hydrogen-bond donors (Lipinski definition) is 0. The molecule has 0 aliphatic rings. The number of hydrogen-bond acceptors (Lipinski definition) is 1. The van der Waals surface area contributed by atoms with Crippen LogP contribution >= 0.6 is 0 Å². The maximum Gasteiger partial charge on any atom is 0.291 e. The van der Waals surface area contributed by atoms with Crippen LogP contribution in [-0.4, -0.2) is 11.3 Å². The Balaban J connectivity index is 2.87. The van der Waals surface area contributed by atoms with Gasteiger partial charge in [0.2, 0.25) is 0 Å². The lowest BCUT2D eigenvalue weighted by Crippen LogP contribution is -2.22. The van der Waals surface area contributed by atoms with E-state index in [9.17, 15) is 13.8 Å². The molecule has 0 aliphatic carbocycles. The van der Waals surface area contributed by atoms with Crippen molar-refractivity contribution in [3.05, 3.63) is 48.6 Å². The largest absolute Gasteiger partial charge is 0.291 e. The van der Waals surface area contributed by atoms with Crippen LogP contribution in [0.4, 0.5) is 8.96 Å². The minimum absolute atomic E-state index is 0.344. The molecule has 0 aromatic heterocycles. The Bertz CT molecular complexity index is 351. The van der Waals surface area contributed by atoms with Gasteiger partial charge in [-0.15, -0.1) is 6.58 Å². The lowest BCUT2D eigenvalue weighted by atomic mass is 9.93. The number of nitrogens with zero attached hydrogens (tertiary/aromatic N) is 1. The van der Waals surface area contributed by atoms with Gasteiger partial charge in [0, 0.05) is 0 Å². The molecule has 0 saturated carbocycles. The summed E-state index contributed by atoms with van der Waals surface area (Å²) in [7, 11) is 0. The lowest BCUT2D eigenvalue weighted by molar-refractivity contribution is -0.189. The van der Waals surface area contributed by atoms with Gasteiger partial charge in [0.15, 0.2) is 0 Å². The predicted octanol–water partition coefficient (Wildman–Crippen LogP) is 3.33. The van der Waals surface area contributed by atoms with E-state index in [2.05, 4.69) is 6.58 Å². The minimum Gasteiger partial charge on any atom is -0.269 e. The fraction of sp³-hybridized carbons (Fsp3) is 0.250. The van der Waals surface area contributed by atoms with Crippen molar-refractivity contribution in [1.82, 2.24) is 5.34 Å². The zero-order valence-corrected chi connectivity index (χ0v) is 8.77. The van der Waals surface area contributed by atoms with Gasteiger partial charge in [-0.05, 0) is 23.7 Å². The van der Waals surface area contributed by atoms with Crippen LogP contribution < -0.4 is 0 Å². The van der Waals surface area contributed by atoms with Crippen LogP contribution in [0.2, 0.25) is 0 Å². The van der Waals surface area contributed by atoms with Crippen molar-refractivity contribution in [1.29, 1.82) is 0 Å². The highest BCUT2D eigenvalue weighted by molar-refractivity contribution is 5.81. The van der Waals surface area contributed by atoms with Crippen molar-refractivity contribution in [2.45, 2.75) is 18.8 Å². The van der Waals surface area contributed by atoms with Gasteiger partial charge in [-0.1, -0.05) is 45.4 Å². The van der Waals surface area contributed by atoms with Gasteiger partial charge < -0.3 is 0 Å². The summed E-state index contributed by atoms with van der Waals surface area (Å²) in [5.41, 5.74) is 0.606. The van der Waals surface area contributed by atoms with Crippen LogP contribution in [-0.2, 0) is 4.79 Å². The van der Waals surface area contributed by atoms with E-state index in [1.807, 2.05) is 0 Å². The van der Waals surface area contributed by atoms with Crippen LogP contribution in [0.1, 0.15) is 24.3 Å². The first-order valence-electron chi connectivity index (χ1n) is 4.98. The molecule has 0 bridgehead atoms. The number of amides is 1. The molecule has 0 saturated heterocycles. The summed E-state index contributed by atoms with van der Waals surface area (Å²) in [5, 5.41) is -1.35. The van der Waals surface area contributed by atoms with Gasteiger partial charge in [-0.2, -0.15) is 0 Å². The molecule has 0 spiro atoms. The molecule has 1 amide bonds. The first-order chi connectivity index (χ1) is 7.66. The summed E-state index contributed by atoms with van der Waals surface area (Å²) in [6.07, 6.45) is 2.49. The molecule has 4 heteroatoms. The normalized spacial score (nSPS) is 11.9. The first-order valence-corrected chi connectivity index (χ1v) is 4.98. The van der Waals surface area contributed by atoms with E-state index < -0.39 is 17.2 Å². The maximum absolute atomic E-state index is 12.2. The Hall–Kier alpha value is -1.71. The summed E-state index contributed by atoms with van der Waals surface area (Å²) in [4.78, 5) is 11.3. The van der Waals surface area contributed by atoms with Gasteiger partial charge in [0.25, 0.3) is 5.91 Å². The van der Waals surface area contributed by atoms with Crippen molar-refractivity contribution in [3.63, 3.8) is 0 Å². The lowest BCUT2D eigenvalue weighted by Gasteiger charge is -2.14. The van der Waals surface area contributed by atoms with E-state index >= 15 is 0 Å². The molecular weight excluding hydrogens is 212 g/mol. The number of allylic oxidation sites excluding steroid dienone is 1. The Labute approximate surface area is 93.1 Å². The second-order valence-corrected chi connectivity index (χ2v) is 3.40. The average molecular weight is 225 g/mol. The maximum atomic E-state index is 12.2. The molecule has 1 unspecified atom stereocenters. The van der Waals surface area contributed by atoms with E-state index in [-0.39, 0.29) is 0 Å². The van der Waals surface area contributed by atoms with Crippen molar-refractivity contribution in [2.75, 3.05) is 0 Å². The van der Waals surface area contributed by atoms with Gasteiger partial charge in [0.1, 0.15) is 0 Å². The highest BCUT2D eigenvalue weighted by atomic mass is 19.4. The summed E-state index contributed by atoms with van der Waals surface area (Å²) in [6, 6.07) is 8.58. The summed E-state index contributed by atoms with van der Waals surface area (Å²) in [5.74, 6) is -1.97. The molecular formula is C12H13F2NO. The van der Waals surface area contributed by atoms with E-state index in [1.165, 1.54) is 0 Å². The van der Waals surface area contributed by atoms with Crippen molar-refractivity contribution in [2.24, 2.45) is 0 Å². The van der Waals surface area contributed by atoms with Gasteiger partial charge >= 0.3 is 0 Å². The number of carbonyl (C=O) groups excluding carboxylic acids is 1. The molecule has 0 aliphatic heterocycles. The number of halogens is 2. The van der Waals surface area contributed by atoms with Gasteiger partial charge in [-0.3, -0.25) is 4.79 Å². The first kappa shape index (κ1) is 12.4. The van der Waals surface area contributed by atoms with Gasteiger partial charge in [0.05, 0.1) is 5.92 Å². The summed E-state index contributed by atoms with van der Waals surface area (Å²) < 4.78 is 24.5. The Morgan fingerprint density at radius 1 is 1.38 bits per heavy atom. The third-order valence-electron chi connectivity index (χ3n) is 2.33. The Kier molecular flexibility index (Phi) is 4.64. The van der Waals surface area contributed by atoms with Crippen molar-refractivity contribution < 1.29 is 13.8 Å². The van der Waals surface area contributed by atoms with Crippen LogP contribution in [0, 0.1) is 0 Å². The van der Waals surface area contributed by atoms with Crippen LogP contribution in [0.3, 0.4) is 0 Å². The predicted molar refractivity (Wildman–Crippen MR) is 57.7 cm³/mol. The SMILES string of the molecule is C=CCCC(C(=O)N(F)F)c1ccccc1. The van der Waals surface area contributed by atoms with E-state index in [0.29, 0.717) is 18.4 Å². The Morgan fingerprint density at radius 3 is 2.50 bits per heavy atom. The third-order valence-corrected chi connectivity index (χ3v) is 2.33. The summed E-state index contributed by atoms with van der Waals surface area (Å²) >= 11 is 0. The van der Waals surface area contributed by atoms with Crippen LogP contribution in [0.5, 0.6) is 0 Å². The molecule has 0 N–H and O–H groups in total. The van der Waals surface area contributed by atoms with Crippen molar-refractivity contribution in [3.8, 4) is 0 Å². The van der Waals surface area contributed by atoms with Crippen LogP contribution in [0.25, 0.3) is 0 Å². The second-order valence-electron chi connectivity index (χ2n) is 3.40. The Morgan fingerprint density at radius 2 is 2.00 bits per heavy atom. The molecule has 1 aromatic carbocycles. The van der Waals surface area contributed by atoms with E-state index in [4.69, 9.17) is 0 Å². The van der Waals surface area contributed by atoms with E-state index in [0.717, 1.165) is 0 Å². The van der Waals surface area contributed by atoms with Crippen molar-refractivity contribution >= 4 is 5.91 Å². The topological polar surface area (TPSA) is 20.3 Å². The van der Waals surface area contributed by atoms with Gasteiger partial charge in [-0.25, -0.2) is 0 Å². The number of carbonyl (C=O) groups is 1. The van der Waals surface area contributed by atoms with Crippen LogP contribution in [0.15, 0.2) is 43.0 Å². The quantitative estimate of drug-likeness (QED) is 0.556. The number of benzene rings is 1. The molecule has 16 heavy (non-hydrogen) atoms. The highest BCUT2D eigenvalue weighted by Gasteiger charge is 2.25. The smallest absolute Gasteiger partial charge is 0.269 e. The summed E-state index contributed by atoms with van der Waals surface area (Å²) in [6.45, 7) is 3.52. The monoisotopic (exact) mass is 225 g/mol.